The lowest BCUT2D eigenvalue weighted by molar-refractivity contribution is -0.132. The van der Waals surface area contributed by atoms with Gasteiger partial charge in [0, 0.05) is 13.5 Å². The van der Waals surface area contributed by atoms with E-state index in [1.165, 1.54) is 11.3 Å². The minimum absolute atomic E-state index is 0.145. The molecule has 1 amide bonds. The molecule has 2 aromatic rings. The van der Waals surface area contributed by atoms with Crippen molar-refractivity contribution in [3.05, 3.63) is 82.2 Å². The number of benzene rings is 2. The number of rotatable bonds is 6. The van der Waals surface area contributed by atoms with Crippen molar-refractivity contribution < 1.29 is 13.6 Å². The molecule has 2 aromatic carbocycles. The third-order valence-electron chi connectivity index (χ3n) is 5.54. The van der Waals surface area contributed by atoms with Crippen LogP contribution in [0.1, 0.15) is 60.6 Å². The second-order valence-corrected chi connectivity index (χ2v) is 8.22. The zero-order valence-corrected chi connectivity index (χ0v) is 19.9. The minimum Gasteiger partial charge on any atom is -0.386 e. The molecule has 1 atom stereocenters. The molecular weight excluding hydrogens is 394 g/mol. The first-order chi connectivity index (χ1) is 14.4. The van der Waals surface area contributed by atoms with E-state index >= 15 is 0 Å². The quantitative estimate of drug-likeness (QED) is 0.608. The molecule has 31 heavy (non-hydrogen) atoms. The molecule has 170 valence electrons. The number of likely N-dealkylation sites (N-methyl/N-ethyl adjacent to an activating group) is 1. The van der Waals surface area contributed by atoms with Gasteiger partial charge in [-0.2, -0.15) is 0 Å². The molecule has 2 N–H and O–H groups in total. The highest BCUT2D eigenvalue weighted by Crippen LogP contribution is 2.36. The van der Waals surface area contributed by atoms with Gasteiger partial charge >= 0.3 is 0 Å². The summed E-state index contributed by atoms with van der Waals surface area (Å²) >= 11 is 0. The lowest BCUT2D eigenvalue weighted by atomic mass is 9.73. The number of hydrogen-bond donors (Lipinski definition) is 1. The lowest BCUT2D eigenvalue weighted by Crippen LogP contribution is -2.45. The normalized spacial score (nSPS) is 12.6. The largest absolute Gasteiger partial charge is 0.386 e. The fourth-order valence-corrected chi connectivity index (χ4v) is 3.33. The Morgan fingerprint density at radius 3 is 1.94 bits per heavy atom. The predicted octanol–water partition coefficient (Wildman–Crippen LogP) is 6.03. The van der Waals surface area contributed by atoms with Crippen LogP contribution < -0.4 is 5.73 Å². The summed E-state index contributed by atoms with van der Waals surface area (Å²) < 4.78 is 25.6. The van der Waals surface area contributed by atoms with Crippen molar-refractivity contribution in [2.75, 3.05) is 7.05 Å². The van der Waals surface area contributed by atoms with Crippen molar-refractivity contribution in [1.82, 2.24) is 4.90 Å². The van der Waals surface area contributed by atoms with E-state index in [1.807, 2.05) is 45.0 Å². The van der Waals surface area contributed by atoms with Gasteiger partial charge < -0.3 is 10.6 Å². The Balaban J connectivity index is 0.00000151. The third-order valence-corrected chi connectivity index (χ3v) is 5.54. The number of nitrogens with two attached hydrogens (primary N) is 1. The molecule has 2 rings (SSSR count). The van der Waals surface area contributed by atoms with Gasteiger partial charge in [-0.05, 0) is 61.1 Å². The third kappa shape index (κ3) is 6.16. The first-order valence-electron chi connectivity index (χ1n) is 10.6. The molecule has 0 saturated heterocycles. The summed E-state index contributed by atoms with van der Waals surface area (Å²) in [4.78, 5) is 14.8. The van der Waals surface area contributed by atoms with E-state index in [2.05, 4.69) is 20.4 Å². The Bertz CT molecular complexity index is 924. The van der Waals surface area contributed by atoms with Gasteiger partial charge in [0.15, 0.2) is 0 Å². The van der Waals surface area contributed by atoms with Crippen molar-refractivity contribution in [3.8, 4) is 0 Å². The number of aryl methyl sites for hydroxylation is 3. The molecule has 0 fully saturated rings. The highest BCUT2D eigenvalue weighted by atomic mass is 19.3. The summed E-state index contributed by atoms with van der Waals surface area (Å²) in [6.45, 7) is 15.5. The smallest absolute Gasteiger partial charge is 0.242 e. The van der Waals surface area contributed by atoms with E-state index in [4.69, 9.17) is 5.73 Å². The van der Waals surface area contributed by atoms with E-state index < -0.39 is 11.8 Å². The molecule has 0 aliphatic carbocycles. The van der Waals surface area contributed by atoms with Crippen molar-refractivity contribution in [1.29, 1.82) is 0 Å². The van der Waals surface area contributed by atoms with Gasteiger partial charge in [-0.15, -0.1) is 0 Å². The summed E-state index contributed by atoms with van der Waals surface area (Å²) in [5.74, 6) is -0.0876. The van der Waals surface area contributed by atoms with Crippen LogP contribution >= 0.6 is 0 Å². The molecule has 0 radical (unpaired) electrons. The number of halogens is 2. The number of carbonyl (C=O) groups is 1. The molecule has 5 heteroatoms. The molecule has 3 nitrogen and oxygen atoms in total. The summed E-state index contributed by atoms with van der Waals surface area (Å²) in [5, 5.41) is 0. The zero-order chi connectivity index (χ0) is 23.9. The number of amides is 1. The fourth-order valence-electron chi connectivity index (χ4n) is 3.33. The number of carbonyl (C=O) groups excluding carboxylic acids is 1. The maximum absolute atomic E-state index is 13.4. The second kappa shape index (κ2) is 11.1. The monoisotopic (exact) mass is 430 g/mol. The average Bonchev–Trinajstić information content (AvgIpc) is 2.70. The molecule has 0 spiro atoms. The van der Waals surface area contributed by atoms with Gasteiger partial charge in [-0.3, -0.25) is 4.79 Å². The van der Waals surface area contributed by atoms with Gasteiger partial charge in [-0.25, -0.2) is 8.78 Å². The van der Waals surface area contributed by atoms with E-state index in [9.17, 15) is 13.6 Å². The Hall–Kier alpha value is -2.69. The lowest BCUT2D eigenvalue weighted by Gasteiger charge is -2.34. The molecular formula is C26H36F2N2O. The van der Waals surface area contributed by atoms with Crippen LogP contribution in [0.4, 0.5) is 8.78 Å². The van der Waals surface area contributed by atoms with E-state index in [-0.39, 0.29) is 18.1 Å². The molecule has 0 heterocycles. The van der Waals surface area contributed by atoms with Crippen LogP contribution in [-0.4, -0.2) is 24.3 Å². The second-order valence-electron chi connectivity index (χ2n) is 8.22. The highest BCUT2D eigenvalue weighted by Gasteiger charge is 2.40. The summed E-state index contributed by atoms with van der Waals surface area (Å²) in [6.07, 6.45) is -1.47. The van der Waals surface area contributed by atoms with E-state index in [0.717, 1.165) is 27.8 Å². The topological polar surface area (TPSA) is 46.3 Å². The molecule has 1 unspecified atom stereocenters. The molecule has 0 aliphatic heterocycles. The van der Waals surface area contributed by atoms with E-state index in [1.54, 1.807) is 26.1 Å². The average molecular weight is 431 g/mol. The van der Waals surface area contributed by atoms with Crippen LogP contribution in [0, 0.1) is 20.8 Å². The van der Waals surface area contributed by atoms with Crippen LogP contribution in [0.5, 0.6) is 0 Å². The maximum atomic E-state index is 13.4. The molecule has 0 saturated carbocycles. The van der Waals surface area contributed by atoms with Crippen LogP contribution in [0.25, 0.3) is 0 Å². The van der Waals surface area contributed by atoms with Gasteiger partial charge in [-0.1, -0.05) is 63.2 Å². The Kier molecular flexibility index (Phi) is 9.41. The standard InChI is InChI=1S/C23H28F2N2O.C3H8/c1-14-7-9-19(11-15(14)2)23(5,22(28)27(6)17(4)26)20-10-8-18(13-21(24)25)16(3)12-20;1-3-2/h7-12,21H,4,13,26H2,1-3,5-6H3;3H2,1-2H3. The van der Waals surface area contributed by atoms with Crippen molar-refractivity contribution in [2.45, 2.75) is 66.2 Å². The Morgan fingerprint density at radius 2 is 1.52 bits per heavy atom. The predicted molar refractivity (Wildman–Crippen MR) is 125 cm³/mol. The maximum Gasteiger partial charge on any atom is 0.242 e. The fraction of sp³-hybridized carbons (Fsp3) is 0.423. The first kappa shape index (κ1) is 26.3. The van der Waals surface area contributed by atoms with Crippen molar-refractivity contribution >= 4 is 5.91 Å². The number of nitrogens with zero attached hydrogens (tertiary/aromatic N) is 1. The first-order valence-corrected chi connectivity index (χ1v) is 10.6. The summed E-state index contributed by atoms with van der Waals surface area (Å²) in [7, 11) is 1.59. The van der Waals surface area contributed by atoms with Crippen LogP contribution in [-0.2, 0) is 16.6 Å². The molecule has 0 bridgehead atoms. The van der Waals surface area contributed by atoms with Crippen LogP contribution in [0.3, 0.4) is 0 Å². The minimum atomic E-state index is -2.41. The number of alkyl halides is 2. The van der Waals surface area contributed by atoms with Gasteiger partial charge in [0.05, 0.1) is 11.2 Å². The Morgan fingerprint density at radius 1 is 1.03 bits per heavy atom. The Labute approximate surface area is 186 Å². The SMILES string of the molecule is C=C(N)N(C)C(=O)C(C)(c1ccc(C)c(C)c1)c1ccc(CC(F)F)c(C)c1.CCC. The van der Waals surface area contributed by atoms with Crippen LogP contribution in [0.2, 0.25) is 0 Å². The van der Waals surface area contributed by atoms with Gasteiger partial charge in [0.2, 0.25) is 12.3 Å². The summed E-state index contributed by atoms with van der Waals surface area (Å²) in [6, 6.07) is 11.1. The van der Waals surface area contributed by atoms with E-state index in [0.29, 0.717) is 5.56 Å². The molecule has 0 aromatic heterocycles. The van der Waals surface area contributed by atoms with Gasteiger partial charge in [0.25, 0.3) is 0 Å². The number of hydrogen-bond acceptors (Lipinski definition) is 2. The van der Waals surface area contributed by atoms with Gasteiger partial charge in [0.1, 0.15) is 0 Å². The van der Waals surface area contributed by atoms with Crippen molar-refractivity contribution in [3.63, 3.8) is 0 Å². The zero-order valence-electron chi connectivity index (χ0n) is 19.9. The van der Waals surface area contributed by atoms with Crippen LogP contribution in [0.15, 0.2) is 48.8 Å². The molecule has 0 aliphatic rings. The highest BCUT2D eigenvalue weighted by molar-refractivity contribution is 5.92. The summed E-state index contributed by atoms with van der Waals surface area (Å²) in [5.41, 5.74) is 9.78. The van der Waals surface area contributed by atoms with Crippen molar-refractivity contribution in [2.24, 2.45) is 5.73 Å².